The van der Waals surface area contributed by atoms with E-state index in [1.54, 1.807) is 12.1 Å². The summed E-state index contributed by atoms with van der Waals surface area (Å²) in [4.78, 5) is 30.0. The van der Waals surface area contributed by atoms with Crippen LogP contribution in [0.15, 0.2) is 48.7 Å². The molecule has 7 heteroatoms. The van der Waals surface area contributed by atoms with E-state index in [2.05, 4.69) is 15.6 Å². The Bertz CT molecular complexity index is 702. The van der Waals surface area contributed by atoms with Gasteiger partial charge in [0.15, 0.2) is 0 Å². The Morgan fingerprint density at radius 3 is 2.40 bits per heavy atom. The number of hydrogen-bond acceptors (Lipinski definition) is 5. The quantitative estimate of drug-likeness (QED) is 0.776. The molecule has 2 aromatic rings. The molecule has 132 valence electrons. The van der Waals surface area contributed by atoms with E-state index in [1.807, 2.05) is 49.3 Å². The minimum atomic E-state index is -0.738. The van der Waals surface area contributed by atoms with Crippen LogP contribution in [-0.4, -0.2) is 49.4 Å². The fourth-order valence-electron chi connectivity index (χ4n) is 2.31. The molecular formula is C18H22N4O3. The molecule has 1 atom stereocenters. The first-order valence-electron chi connectivity index (χ1n) is 7.82. The van der Waals surface area contributed by atoms with Crippen LogP contribution < -0.4 is 15.4 Å². The molecule has 0 aliphatic carbocycles. The van der Waals surface area contributed by atoms with Crippen molar-refractivity contribution >= 4 is 17.5 Å². The number of rotatable bonds is 6. The number of ether oxygens (including phenoxy) is 1. The SMILES string of the molecule is COc1ccc(NC(=O)C(=O)NC[C@H](c2ccccc2)N(C)C)cn1. The summed E-state index contributed by atoms with van der Waals surface area (Å²) >= 11 is 0. The average Bonchev–Trinajstić information content (AvgIpc) is 2.63. The van der Waals surface area contributed by atoms with Crippen LogP contribution in [-0.2, 0) is 9.59 Å². The number of carbonyl (C=O) groups is 2. The summed E-state index contributed by atoms with van der Waals surface area (Å²) in [6.07, 6.45) is 1.43. The van der Waals surface area contributed by atoms with Crippen LogP contribution in [0, 0.1) is 0 Å². The molecule has 0 radical (unpaired) electrons. The predicted octanol–water partition coefficient (Wildman–Crippen LogP) is 1.45. The van der Waals surface area contributed by atoms with Crippen molar-refractivity contribution in [2.24, 2.45) is 0 Å². The molecule has 0 unspecified atom stereocenters. The maximum atomic E-state index is 12.0. The minimum Gasteiger partial charge on any atom is -0.481 e. The van der Waals surface area contributed by atoms with Crippen molar-refractivity contribution in [2.45, 2.75) is 6.04 Å². The van der Waals surface area contributed by atoms with Gasteiger partial charge in [0.2, 0.25) is 5.88 Å². The van der Waals surface area contributed by atoms with Crippen LogP contribution in [0.25, 0.3) is 0 Å². The number of pyridine rings is 1. The molecule has 0 saturated carbocycles. The Kier molecular flexibility index (Phi) is 6.47. The van der Waals surface area contributed by atoms with Crippen molar-refractivity contribution in [1.82, 2.24) is 15.2 Å². The summed E-state index contributed by atoms with van der Waals surface area (Å²) in [7, 11) is 5.35. The molecule has 0 bridgehead atoms. The normalized spacial score (nSPS) is 11.7. The van der Waals surface area contributed by atoms with Gasteiger partial charge in [-0.05, 0) is 25.7 Å². The molecule has 0 spiro atoms. The molecule has 0 aliphatic heterocycles. The Labute approximate surface area is 147 Å². The number of amides is 2. The van der Waals surface area contributed by atoms with Gasteiger partial charge in [0.05, 0.1) is 25.0 Å². The first kappa shape index (κ1) is 18.4. The molecule has 2 rings (SSSR count). The Morgan fingerprint density at radius 2 is 1.84 bits per heavy atom. The van der Waals surface area contributed by atoms with Gasteiger partial charge in [0, 0.05) is 12.6 Å². The van der Waals surface area contributed by atoms with Gasteiger partial charge >= 0.3 is 11.8 Å². The summed E-state index contributed by atoms with van der Waals surface area (Å²) < 4.78 is 4.94. The summed E-state index contributed by atoms with van der Waals surface area (Å²) in [6, 6.07) is 13.0. The van der Waals surface area contributed by atoms with Gasteiger partial charge in [-0.3, -0.25) is 9.59 Å². The minimum absolute atomic E-state index is 0.0272. The lowest BCUT2D eigenvalue weighted by atomic mass is 10.1. The van der Waals surface area contributed by atoms with Gasteiger partial charge in [-0.1, -0.05) is 30.3 Å². The monoisotopic (exact) mass is 342 g/mol. The zero-order valence-corrected chi connectivity index (χ0v) is 14.5. The van der Waals surface area contributed by atoms with Crippen LogP contribution in [0.1, 0.15) is 11.6 Å². The van der Waals surface area contributed by atoms with Crippen molar-refractivity contribution in [2.75, 3.05) is 33.1 Å². The van der Waals surface area contributed by atoms with Crippen molar-refractivity contribution in [1.29, 1.82) is 0 Å². The maximum absolute atomic E-state index is 12.0. The Balaban J connectivity index is 1.92. The number of anilines is 1. The van der Waals surface area contributed by atoms with Gasteiger partial charge in [-0.15, -0.1) is 0 Å². The molecule has 25 heavy (non-hydrogen) atoms. The van der Waals surface area contributed by atoms with Crippen LogP contribution in [0.5, 0.6) is 5.88 Å². The smallest absolute Gasteiger partial charge is 0.313 e. The summed E-state index contributed by atoms with van der Waals surface area (Å²) in [5, 5.41) is 5.17. The molecule has 1 heterocycles. The van der Waals surface area contributed by atoms with Gasteiger partial charge in [-0.2, -0.15) is 0 Å². The topological polar surface area (TPSA) is 83.6 Å². The highest BCUT2D eigenvalue weighted by Crippen LogP contribution is 2.16. The molecule has 0 saturated heterocycles. The highest BCUT2D eigenvalue weighted by Gasteiger charge is 2.18. The number of likely N-dealkylation sites (N-methyl/N-ethyl adjacent to an activating group) is 1. The number of methoxy groups -OCH3 is 1. The third-order valence-electron chi connectivity index (χ3n) is 3.67. The molecule has 1 aromatic carbocycles. The molecule has 2 N–H and O–H groups in total. The molecular weight excluding hydrogens is 320 g/mol. The standard InChI is InChI=1S/C18H22N4O3/c1-22(2)15(13-7-5-4-6-8-13)12-20-17(23)18(24)21-14-9-10-16(25-3)19-11-14/h4-11,15H,12H2,1-3H3,(H,20,23)(H,21,24)/t15-/m1/s1. The van der Waals surface area contributed by atoms with Gasteiger partial charge in [0.25, 0.3) is 0 Å². The highest BCUT2D eigenvalue weighted by atomic mass is 16.5. The van der Waals surface area contributed by atoms with Crippen molar-refractivity contribution in [3.8, 4) is 5.88 Å². The van der Waals surface area contributed by atoms with Crippen molar-refractivity contribution in [3.05, 3.63) is 54.2 Å². The van der Waals surface area contributed by atoms with Crippen LogP contribution >= 0.6 is 0 Å². The Hall–Kier alpha value is -2.93. The van der Waals surface area contributed by atoms with Crippen molar-refractivity contribution < 1.29 is 14.3 Å². The zero-order valence-electron chi connectivity index (χ0n) is 14.5. The number of carbonyl (C=O) groups excluding carboxylic acids is 2. The zero-order chi connectivity index (χ0) is 18.2. The third-order valence-corrected chi connectivity index (χ3v) is 3.67. The molecule has 0 aliphatic rings. The second-order valence-corrected chi connectivity index (χ2v) is 5.64. The average molecular weight is 342 g/mol. The number of nitrogens with zero attached hydrogens (tertiary/aromatic N) is 2. The first-order chi connectivity index (χ1) is 12.0. The molecule has 0 fully saturated rings. The second kappa shape index (κ2) is 8.79. The van der Waals surface area contributed by atoms with Crippen molar-refractivity contribution in [3.63, 3.8) is 0 Å². The molecule has 2 amide bonds. The number of hydrogen-bond donors (Lipinski definition) is 2. The first-order valence-corrected chi connectivity index (χ1v) is 7.82. The fourth-order valence-corrected chi connectivity index (χ4v) is 2.31. The Morgan fingerprint density at radius 1 is 1.12 bits per heavy atom. The lowest BCUT2D eigenvalue weighted by molar-refractivity contribution is -0.136. The van der Waals surface area contributed by atoms with E-state index in [0.29, 0.717) is 18.1 Å². The highest BCUT2D eigenvalue weighted by molar-refractivity contribution is 6.39. The third kappa shape index (κ3) is 5.29. The van der Waals surface area contributed by atoms with Gasteiger partial charge in [0.1, 0.15) is 0 Å². The number of aromatic nitrogens is 1. The van der Waals surface area contributed by atoms with E-state index in [4.69, 9.17) is 4.74 Å². The van der Waals surface area contributed by atoms with E-state index in [1.165, 1.54) is 13.3 Å². The number of benzene rings is 1. The second-order valence-electron chi connectivity index (χ2n) is 5.64. The largest absolute Gasteiger partial charge is 0.481 e. The summed E-state index contributed by atoms with van der Waals surface area (Å²) in [5.74, 6) is -1.00. The van der Waals surface area contributed by atoms with E-state index < -0.39 is 11.8 Å². The van der Waals surface area contributed by atoms with E-state index in [0.717, 1.165) is 5.56 Å². The summed E-state index contributed by atoms with van der Waals surface area (Å²) in [5.41, 5.74) is 1.49. The van der Waals surface area contributed by atoms with Crippen LogP contribution in [0.4, 0.5) is 5.69 Å². The lowest BCUT2D eigenvalue weighted by Crippen LogP contribution is -2.40. The van der Waals surface area contributed by atoms with E-state index in [-0.39, 0.29) is 6.04 Å². The predicted molar refractivity (Wildman–Crippen MR) is 95.3 cm³/mol. The fraction of sp³-hybridized carbons (Fsp3) is 0.278. The maximum Gasteiger partial charge on any atom is 0.313 e. The van der Waals surface area contributed by atoms with Gasteiger partial charge < -0.3 is 20.3 Å². The van der Waals surface area contributed by atoms with Crippen LogP contribution in [0.2, 0.25) is 0 Å². The van der Waals surface area contributed by atoms with E-state index >= 15 is 0 Å². The van der Waals surface area contributed by atoms with E-state index in [9.17, 15) is 9.59 Å². The number of nitrogens with one attached hydrogen (secondary N) is 2. The molecule has 1 aromatic heterocycles. The summed E-state index contributed by atoms with van der Waals surface area (Å²) in [6.45, 7) is 0.324. The van der Waals surface area contributed by atoms with Crippen LogP contribution in [0.3, 0.4) is 0 Å². The molecule has 7 nitrogen and oxygen atoms in total. The van der Waals surface area contributed by atoms with Gasteiger partial charge in [-0.25, -0.2) is 4.98 Å². The lowest BCUT2D eigenvalue weighted by Gasteiger charge is -2.25.